The van der Waals surface area contributed by atoms with E-state index in [9.17, 15) is 10.1 Å². The minimum Gasteiger partial charge on any atom is -0.298 e. The van der Waals surface area contributed by atoms with Crippen LogP contribution in [0.5, 0.6) is 0 Å². The van der Waals surface area contributed by atoms with E-state index >= 15 is 0 Å². The lowest BCUT2D eigenvalue weighted by atomic mass is 10.1. The van der Waals surface area contributed by atoms with Gasteiger partial charge in [0, 0.05) is 29.7 Å². The van der Waals surface area contributed by atoms with Gasteiger partial charge in [0.05, 0.1) is 4.92 Å². The van der Waals surface area contributed by atoms with Gasteiger partial charge in [0.2, 0.25) is 0 Å². The molecule has 2 rings (SSSR count). The highest BCUT2D eigenvalue weighted by Crippen LogP contribution is 2.32. The van der Waals surface area contributed by atoms with Gasteiger partial charge in [-0.2, -0.15) is 0 Å². The lowest BCUT2D eigenvalue weighted by molar-refractivity contribution is -0.385. The molecule has 1 heterocycles. The summed E-state index contributed by atoms with van der Waals surface area (Å²) in [7, 11) is 2.00. The summed E-state index contributed by atoms with van der Waals surface area (Å²) in [4.78, 5) is 12.4. The first kappa shape index (κ1) is 9.61. The van der Waals surface area contributed by atoms with Gasteiger partial charge in [-0.1, -0.05) is 15.9 Å². The molecule has 5 heteroatoms. The molecule has 0 amide bonds. The van der Waals surface area contributed by atoms with E-state index in [0.29, 0.717) is 0 Å². The molecule has 0 saturated carbocycles. The fourth-order valence-electron chi connectivity index (χ4n) is 1.72. The first-order chi connectivity index (χ1) is 6.58. The van der Waals surface area contributed by atoms with Crippen molar-refractivity contribution in [3.05, 3.63) is 37.8 Å². The zero-order chi connectivity index (χ0) is 10.3. The SMILES string of the molecule is CN1Cc2cc([N+](=O)[O-])cc(Br)c2C1. The monoisotopic (exact) mass is 256 g/mol. The van der Waals surface area contributed by atoms with Crippen LogP contribution in [0, 0.1) is 10.1 Å². The number of non-ortho nitro benzene ring substituents is 1. The van der Waals surface area contributed by atoms with Crippen molar-refractivity contribution in [3.8, 4) is 0 Å². The Morgan fingerprint density at radius 2 is 2.21 bits per heavy atom. The van der Waals surface area contributed by atoms with E-state index in [1.165, 1.54) is 0 Å². The van der Waals surface area contributed by atoms with Crippen molar-refractivity contribution in [1.82, 2.24) is 4.90 Å². The zero-order valence-corrected chi connectivity index (χ0v) is 9.24. The van der Waals surface area contributed by atoms with Gasteiger partial charge in [-0.25, -0.2) is 0 Å². The Hall–Kier alpha value is -0.940. The molecular formula is C9H9BrN2O2. The molecule has 0 atom stereocenters. The lowest BCUT2D eigenvalue weighted by Crippen LogP contribution is -2.07. The number of nitrogens with zero attached hydrogens (tertiary/aromatic N) is 2. The molecule has 14 heavy (non-hydrogen) atoms. The van der Waals surface area contributed by atoms with Crippen molar-refractivity contribution in [2.45, 2.75) is 13.1 Å². The van der Waals surface area contributed by atoms with Crippen molar-refractivity contribution in [2.75, 3.05) is 7.05 Å². The quantitative estimate of drug-likeness (QED) is 0.572. The summed E-state index contributed by atoms with van der Waals surface area (Å²) < 4.78 is 0.839. The third kappa shape index (κ3) is 1.53. The molecule has 74 valence electrons. The molecule has 4 nitrogen and oxygen atoms in total. The first-order valence-corrected chi connectivity index (χ1v) is 5.01. The molecule has 0 radical (unpaired) electrons. The molecule has 0 aliphatic carbocycles. The van der Waals surface area contributed by atoms with E-state index in [-0.39, 0.29) is 10.6 Å². The Balaban J connectivity index is 2.51. The van der Waals surface area contributed by atoms with Gasteiger partial charge in [0.25, 0.3) is 5.69 Å². The summed E-state index contributed by atoms with van der Waals surface area (Å²) in [5, 5.41) is 10.6. The minimum absolute atomic E-state index is 0.158. The number of nitro groups is 1. The summed E-state index contributed by atoms with van der Waals surface area (Å²) in [6.07, 6.45) is 0. The predicted molar refractivity (Wildman–Crippen MR) is 56.0 cm³/mol. The van der Waals surface area contributed by atoms with Crippen molar-refractivity contribution in [2.24, 2.45) is 0 Å². The second-order valence-electron chi connectivity index (χ2n) is 3.49. The number of hydrogen-bond acceptors (Lipinski definition) is 3. The first-order valence-electron chi connectivity index (χ1n) is 4.22. The van der Waals surface area contributed by atoms with E-state index in [1.807, 2.05) is 7.05 Å². The van der Waals surface area contributed by atoms with Crippen LogP contribution >= 0.6 is 15.9 Å². The Labute approximate surface area is 89.8 Å². The highest BCUT2D eigenvalue weighted by atomic mass is 79.9. The fourth-order valence-corrected chi connectivity index (χ4v) is 2.33. The minimum atomic E-state index is -0.358. The Kier molecular flexibility index (Phi) is 2.28. The molecule has 0 aromatic heterocycles. The van der Waals surface area contributed by atoms with Gasteiger partial charge >= 0.3 is 0 Å². The summed E-state index contributed by atoms with van der Waals surface area (Å²) in [5.41, 5.74) is 2.37. The van der Waals surface area contributed by atoms with Crippen LogP contribution in [0.15, 0.2) is 16.6 Å². The third-order valence-corrected chi connectivity index (χ3v) is 3.06. The van der Waals surface area contributed by atoms with Crippen molar-refractivity contribution < 1.29 is 4.92 Å². The smallest absolute Gasteiger partial charge is 0.270 e. The summed E-state index contributed by atoms with van der Waals surface area (Å²) in [5.74, 6) is 0. The van der Waals surface area contributed by atoms with Crippen LogP contribution in [0.3, 0.4) is 0 Å². The molecular weight excluding hydrogens is 248 g/mol. The van der Waals surface area contributed by atoms with E-state index in [2.05, 4.69) is 20.8 Å². The number of fused-ring (bicyclic) bond motifs is 1. The van der Waals surface area contributed by atoms with Crippen molar-refractivity contribution in [1.29, 1.82) is 0 Å². The van der Waals surface area contributed by atoms with Gasteiger partial charge in [0.15, 0.2) is 0 Å². The van der Waals surface area contributed by atoms with Crippen molar-refractivity contribution in [3.63, 3.8) is 0 Å². The molecule has 0 N–H and O–H groups in total. The molecule has 0 saturated heterocycles. The number of benzene rings is 1. The van der Waals surface area contributed by atoms with Crippen LogP contribution in [-0.4, -0.2) is 16.9 Å². The van der Waals surface area contributed by atoms with Crippen LogP contribution in [0.4, 0.5) is 5.69 Å². The molecule has 1 aromatic carbocycles. The summed E-state index contributed by atoms with van der Waals surface area (Å²) >= 11 is 3.36. The molecule has 1 aliphatic rings. The molecule has 0 spiro atoms. The average Bonchev–Trinajstić information content (AvgIpc) is 2.45. The van der Waals surface area contributed by atoms with E-state index in [0.717, 1.165) is 28.7 Å². The zero-order valence-electron chi connectivity index (χ0n) is 7.66. The molecule has 1 aromatic rings. The van der Waals surface area contributed by atoms with Crippen LogP contribution in [-0.2, 0) is 13.1 Å². The van der Waals surface area contributed by atoms with Crippen LogP contribution in [0.2, 0.25) is 0 Å². The van der Waals surface area contributed by atoms with Crippen LogP contribution in [0.1, 0.15) is 11.1 Å². The highest BCUT2D eigenvalue weighted by molar-refractivity contribution is 9.10. The number of halogens is 1. The standard InChI is InChI=1S/C9H9BrN2O2/c1-11-4-6-2-7(12(13)14)3-9(10)8(6)5-11/h2-3H,4-5H2,1H3. The Morgan fingerprint density at radius 3 is 2.86 bits per heavy atom. The third-order valence-electron chi connectivity index (χ3n) is 2.35. The highest BCUT2D eigenvalue weighted by Gasteiger charge is 2.21. The Morgan fingerprint density at radius 1 is 1.50 bits per heavy atom. The van der Waals surface area contributed by atoms with Crippen LogP contribution < -0.4 is 0 Å². The van der Waals surface area contributed by atoms with E-state index in [4.69, 9.17) is 0 Å². The molecule has 1 aliphatic heterocycles. The van der Waals surface area contributed by atoms with E-state index < -0.39 is 0 Å². The number of rotatable bonds is 1. The van der Waals surface area contributed by atoms with Crippen molar-refractivity contribution >= 4 is 21.6 Å². The maximum Gasteiger partial charge on any atom is 0.270 e. The lowest BCUT2D eigenvalue weighted by Gasteiger charge is -2.03. The van der Waals surface area contributed by atoms with Gasteiger partial charge < -0.3 is 0 Å². The maximum absolute atomic E-state index is 10.6. The number of hydrogen-bond donors (Lipinski definition) is 0. The molecule has 0 fully saturated rings. The number of nitro benzene ring substituents is 1. The Bertz CT molecular complexity index is 406. The normalized spacial score (nSPS) is 15.6. The average molecular weight is 257 g/mol. The van der Waals surface area contributed by atoms with E-state index in [1.54, 1.807) is 12.1 Å². The second-order valence-corrected chi connectivity index (χ2v) is 4.35. The maximum atomic E-state index is 10.6. The van der Waals surface area contributed by atoms with Crippen LogP contribution in [0.25, 0.3) is 0 Å². The second kappa shape index (κ2) is 3.33. The summed E-state index contributed by atoms with van der Waals surface area (Å²) in [6.45, 7) is 1.64. The summed E-state index contributed by atoms with van der Waals surface area (Å²) in [6, 6.07) is 3.22. The topological polar surface area (TPSA) is 46.4 Å². The predicted octanol–water partition coefficient (Wildman–Crippen LogP) is 2.30. The molecule has 0 bridgehead atoms. The van der Waals surface area contributed by atoms with Gasteiger partial charge in [0.1, 0.15) is 0 Å². The van der Waals surface area contributed by atoms with Gasteiger partial charge in [-0.05, 0) is 18.2 Å². The molecule has 0 unspecified atom stereocenters. The fraction of sp³-hybridized carbons (Fsp3) is 0.333. The van der Waals surface area contributed by atoms with Gasteiger partial charge in [-0.3, -0.25) is 15.0 Å². The van der Waals surface area contributed by atoms with Gasteiger partial charge in [-0.15, -0.1) is 0 Å². The largest absolute Gasteiger partial charge is 0.298 e.